The summed E-state index contributed by atoms with van der Waals surface area (Å²) in [5, 5.41) is 0. The highest BCUT2D eigenvalue weighted by Crippen LogP contribution is 2.37. The standard InChI is InChI=1S/C19H20Br2Cl2N2O.ClH/c1-13-9-16(25(7-5-22)8-6-23)4-3-14(13)12-24-15-10-17(20)19(26-2)18(21)11-15;/h3-4,9-12H,5-8H2,1-2H3;1H. The molecule has 0 saturated heterocycles. The molecule has 148 valence electrons. The first-order valence-electron chi connectivity index (χ1n) is 8.04. The van der Waals surface area contributed by atoms with E-state index in [1.807, 2.05) is 18.3 Å². The number of methoxy groups -OCH3 is 1. The van der Waals surface area contributed by atoms with E-state index in [9.17, 15) is 0 Å². The van der Waals surface area contributed by atoms with Crippen LogP contribution in [0.15, 0.2) is 44.3 Å². The Kier molecular flexibility index (Phi) is 11.1. The van der Waals surface area contributed by atoms with Gasteiger partial charge in [0, 0.05) is 36.8 Å². The van der Waals surface area contributed by atoms with Gasteiger partial charge >= 0.3 is 0 Å². The van der Waals surface area contributed by atoms with Crippen molar-refractivity contribution in [3.05, 3.63) is 50.4 Å². The molecule has 0 spiro atoms. The monoisotopic (exact) mass is 556 g/mol. The maximum atomic E-state index is 5.90. The van der Waals surface area contributed by atoms with Gasteiger partial charge in [-0.15, -0.1) is 35.6 Å². The first-order chi connectivity index (χ1) is 12.5. The molecule has 0 aliphatic heterocycles. The number of benzene rings is 2. The molecule has 0 saturated carbocycles. The largest absolute Gasteiger partial charge is 0.494 e. The van der Waals surface area contributed by atoms with Crippen molar-refractivity contribution in [2.45, 2.75) is 6.92 Å². The van der Waals surface area contributed by atoms with Crippen LogP contribution in [0.25, 0.3) is 0 Å². The molecule has 0 unspecified atom stereocenters. The number of aliphatic imine (C=N–C) groups is 1. The molecule has 0 fully saturated rings. The van der Waals surface area contributed by atoms with Gasteiger partial charge in [-0.3, -0.25) is 4.99 Å². The molecule has 0 heterocycles. The van der Waals surface area contributed by atoms with Crippen LogP contribution in [-0.4, -0.2) is 38.2 Å². The van der Waals surface area contributed by atoms with Crippen molar-refractivity contribution < 1.29 is 4.74 Å². The van der Waals surface area contributed by atoms with Gasteiger partial charge in [-0.05, 0) is 74.2 Å². The third kappa shape index (κ3) is 6.82. The van der Waals surface area contributed by atoms with Crippen LogP contribution < -0.4 is 9.64 Å². The second-order valence-electron chi connectivity index (χ2n) is 5.61. The zero-order chi connectivity index (χ0) is 19.1. The molecule has 0 N–H and O–H groups in total. The van der Waals surface area contributed by atoms with Gasteiger partial charge in [0.2, 0.25) is 0 Å². The summed E-state index contributed by atoms with van der Waals surface area (Å²) in [6.07, 6.45) is 1.87. The first kappa shape index (κ1) is 24.6. The van der Waals surface area contributed by atoms with Crippen molar-refractivity contribution >= 4 is 85.1 Å². The van der Waals surface area contributed by atoms with Gasteiger partial charge in [0.25, 0.3) is 0 Å². The molecule has 0 atom stereocenters. The van der Waals surface area contributed by atoms with Gasteiger partial charge in [0.1, 0.15) is 5.75 Å². The predicted octanol–water partition coefficient (Wildman–Crippen LogP) is 6.99. The molecule has 0 radical (unpaired) electrons. The third-order valence-electron chi connectivity index (χ3n) is 3.87. The van der Waals surface area contributed by atoms with Crippen molar-refractivity contribution in [2.24, 2.45) is 4.99 Å². The number of halogens is 5. The number of nitrogens with zero attached hydrogens (tertiary/aromatic N) is 2. The summed E-state index contributed by atoms with van der Waals surface area (Å²) in [6.45, 7) is 3.62. The summed E-state index contributed by atoms with van der Waals surface area (Å²) in [5.74, 6) is 1.89. The van der Waals surface area contributed by atoms with Gasteiger partial charge in [-0.1, -0.05) is 6.07 Å². The molecule has 2 aromatic rings. The topological polar surface area (TPSA) is 24.8 Å². The Bertz CT molecular complexity index is 759. The Hall–Kier alpha value is -0.460. The molecule has 2 aromatic carbocycles. The fraction of sp³-hybridized carbons (Fsp3) is 0.316. The van der Waals surface area contributed by atoms with Gasteiger partial charge in [-0.25, -0.2) is 0 Å². The lowest BCUT2D eigenvalue weighted by Crippen LogP contribution is -2.27. The fourth-order valence-corrected chi connectivity index (χ4v) is 4.43. The lowest BCUT2D eigenvalue weighted by Gasteiger charge is -2.23. The van der Waals surface area contributed by atoms with E-state index in [2.05, 4.69) is 66.9 Å². The summed E-state index contributed by atoms with van der Waals surface area (Å²) < 4.78 is 7.03. The minimum Gasteiger partial charge on any atom is -0.494 e. The number of aryl methyl sites for hydroxylation is 1. The van der Waals surface area contributed by atoms with Crippen LogP contribution in [0.2, 0.25) is 0 Å². The molecular formula is C19H21Br2Cl3N2O. The maximum Gasteiger partial charge on any atom is 0.147 e. The van der Waals surface area contributed by atoms with Gasteiger partial charge in [0.05, 0.1) is 21.7 Å². The van der Waals surface area contributed by atoms with Crippen molar-refractivity contribution in [3.8, 4) is 5.75 Å². The summed E-state index contributed by atoms with van der Waals surface area (Å²) in [5.41, 5.74) is 4.16. The van der Waals surface area contributed by atoms with Crippen LogP contribution in [0.5, 0.6) is 5.75 Å². The normalized spacial score (nSPS) is 10.7. The SMILES string of the molecule is COc1c(Br)cc(N=Cc2ccc(N(CCCl)CCCl)cc2C)cc1Br.Cl. The van der Waals surface area contributed by atoms with Crippen LogP contribution in [0.1, 0.15) is 11.1 Å². The van der Waals surface area contributed by atoms with Crippen LogP contribution in [0, 0.1) is 6.92 Å². The highest BCUT2D eigenvalue weighted by molar-refractivity contribution is 9.11. The van der Waals surface area contributed by atoms with E-state index in [0.717, 1.165) is 50.3 Å². The van der Waals surface area contributed by atoms with Crippen LogP contribution in [-0.2, 0) is 0 Å². The Balaban J connectivity index is 0.00000364. The van der Waals surface area contributed by atoms with Gasteiger partial charge < -0.3 is 9.64 Å². The van der Waals surface area contributed by atoms with E-state index in [4.69, 9.17) is 27.9 Å². The molecule has 0 amide bonds. The minimum absolute atomic E-state index is 0. The summed E-state index contributed by atoms with van der Waals surface area (Å²) in [6, 6.07) is 10.1. The van der Waals surface area contributed by atoms with Crippen molar-refractivity contribution in [2.75, 3.05) is 36.9 Å². The number of hydrogen-bond donors (Lipinski definition) is 0. The average molecular weight is 560 g/mol. The molecule has 0 bridgehead atoms. The van der Waals surface area contributed by atoms with E-state index in [1.54, 1.807) is 7.11 Å². The number of anilines is 1. The van der Waals surface area contributed by atoms with Gasteiger partial charge in [0.15, 0.2) is 0 Å². The van der Waals surface area contributed by atoms with E-state index < -0.39 is 0 Å². The van der Waals surface area contributed by atoms with Crippen LogP contribution >= 0.6 is 67.5 Å². The fourth-order valence-electron chi connectivity index (χ4n) is 2.54. The highest BCUT2D eigenvalue weighted by atomic mass is 79.9. The third-order valence-corrected chi connectivity index (χ3v) is 5.38. The zero-order valence-electron chi connectivity index (χ0n) is 15.0. The van der Waals surface area contributed by atoms with Crippen molar-refractivity contribution in [1.29, 1.82) is 0 Å². The van der Waals surface area contributed by atoms with E-state index in [0.29, 0.717) is 11.8 Å². The summed E-state index contributed by atoms with van der Waals surface area (Å²) in [4.78, 5) is 6.77. The Morgan fingerprint density at radius 2 is 1.67 bits per heavy atom. The van der Waals surface area contributed by atoms with Crippen molar-refractivity contribution in [1.82, 2.24) is 0 Å². The average Bonchev–Trinajstić information content (AvgIpc) is 2.60. The van der Waals surface area contributed by atoms with Crippen LogP contribution in [0.3, 0.4) is 0 Å². The molecule has 3 nitrogen and oxygen atoms in total. The molecular weight excluding hydrogens is 538 g/mol. The van der Waals surface area contributed by atoms with E-state index >= 15 is 0 Å². The Morgan fingerprint density at radius 1 is 1.07 bits per heavy atom. The molecule has 0 aromatic heterocycles. The first-order valence-corrected chi connectivity index (χ1v) is 10.7. The number of hydrogen-bond acceptors (Lipinski definition) is 3. The van der Waals surface area contributed by atoms with E-state index in [1.165, 1.54) is 0 Å². The van der Waals surface area contributed by atoms with Crippen molar-refractivity contribution in [3.63, 3.8) is 0 Å². The van der Waals surface area contributed by atoms with E-state index in [-0.39, 0.29) is 12.4 Å². The molecule has 8 heteroatoms. The lowest BCUT2D eigenvalue weighted by atomic mass is 10.1. The smallest absolute Gasteiger partial charge is 0.147 e. The number of rotatable bonds is 8. The second kappa shape index (κ2) is 12.2. The molecule has 0 aliphatic carbocycles. The minimum atomic E-state index is 0. The summed E-state index contributed by atoms with van der Waals surface area (Å²) in [7, 11) is 1.64. The number of ether oxygens (including phenoxy) is 1. The highest BCUT2D eigenvalue weighted by Gasteiger charge is 2.08. The maximum absolute atomic E-state index is 5.90. The quantitative estimate of drug-likeness (QED) is 0.258. The summed E-state index contributed by atoms with van der Waals surface area (Å²) >= 11 is 18.8. The predicted molar refractivity (Wildman–Crippen MR) is 128 cm³/mol. The molecule has 27 heavy (non-hydrogen) atoms. The Morgan fingerprint density at radius 3 is 2.15 bits per heavy atom. The molecule has 0 aliphatic rings. The zero-order valence-corrected chi connectivity index (χ0v) is 20.5. The van der Waals surface area contributed by atoms with Gasteiger partial charge in [-0.2, -0.15) is 0 Å². The Labute approximate surface area is 193 Å². The number of alkyl halides is 2. The second-order valence-corrected chi connectivity index (χ2v) is 8.07. The van der Waals surface area contributed by atoms with Crippen LogP contribution in [0.4, 0.5) is 11.4 Å². The molecule has 2 rings (SSSR count). The lowest BCUT2D eigenvalue weighted by molar-refractivity contribution is 0.409.